The molecule has 0 aliphatic carbocycles. The Morgan fingerprint density at radius 1 is 1.19 bits per heavy atom. The average molecular weight is 285 g/mol. The van der Waals surface area contributed by atoms with E-state index >= 15 is 0 Å². The van der Waals surface area contributed by atoms with E-state index in [-0.39, 0.29) is 6.04 Å². The number of nitrogens with zero attached hydrogens (tertiary/aromatic N) is 2. The highest BCUT2D eigenvalue weighted by molar-refractivity contribution is 5.21. The molecule has 2 aromatic rings. The second-order valence-electron chi connectivity index (χ2n) is 5.01. The minimum absolute atomic E-state index is 0.271. The summed E-state index contributed by atoms with van der Waals surface area (Å²) < 4.78 is 5.70. The Morgan fingerprint density at radius 2 is 2.10 bits per heavy atom. The molecule has 0 aliphatic rings. The molecule has 2 rings (SSSR count). The molecule has 1 N–H and O–H groups in total. The lowest BCUT2D eigenvalue weighted by Gasteiger charge is -2.13. The van der Waals surface area contributed by atoms with Crippen LogP contribution in [0.2, 0.25) is 0 Å². The number of nitrogens with one attached hydrogen (secondary N) is 1. The normalized spacial score (nSPS) is 12.1. The Labute approximate surface area is 126 Å². The van der Waals surface area contributed by atoms with Gasteiger partial charge in [-0.3, -0.25) is 9.97 Å². The van der Waals surface area contributed by atoms with Crippen molar-refractivity contribution in [1.82, 2.24) is 15.3 Å². The fraction of sp³-hybridized carbons (Fsp3) is 0.412. The van der Waals surface area contributed by atoms with E-state index in [1.807, 2.05) is 30.3 Å². The van der Waals surface area contributed by atoms with Gasteiger partial charge in [-0.1, -0.05) is 13.0 Å². The van der Waals surface area contributed by atoms with Gasteiger partial charge < -0.3 is 10.1 Å². The van der Waals surface area contributed by atoms with Gasteiger partial charge in [-0.25, -0.2) is 0 Å². The molecule has 1 atom stereocenters. The smallest absolute Gasteiger partial charge is 0.137 e. The minimum Gasteiger partial charge on any atom is -0.492 e. The van der Waals surface area contributed by atoms with E-state index < -0.39 is 0 Å². The molecule has 112 valence electrons. The van der Waals surface area contributed by atoms with Gasteiger partial charge in [0.1, 0.15) is 5.75 Å². The van der Waals surface area contributed by atoms with Crippen LogP contribution in [0.25, 0.3) is 0 Å². The summed E-state index contributed by atoms with van der Waals surface area (Å²) in [7, 11) is 0. The van der Waals surface area contributed by atoms with E-state index in [4.69, 9.17) is 4.74 Å². The van der Waals surface area contributed by atoms with Crippen molar-refractivity contribution in [3.8, 4) is 5.75 Å². The molecule has 0 saturated carbocycles. The maximum Gasteiger partial charge on any atom is 0.137 e. The predicted octanol–water partition coefficient (Wildman–Crippen LogP) is 3.16. The Balaban J connectivity index is 1.79. The number of hydrogen-bond acceptors (Lipinski definition) is 4. The van der Waals surface area contributed by atoms with Crippen molar-refractivity contribution in [3.05, 3.63) is 54.1 Å². The summed E-state index contributed by atoms with van der Waals surface area (Å²) in [6.07, 6.45) is 5.52. The molecular formula is C17H23N3O. The zero-order valence-corrected chi connectivity index (χ0v) is 12.7. The van der Waals surface area contributed by atoms with Crippen LogP contribution in [0.3, 0.4) is 0 Å². The first-order chi connectivity index (χ1) is 10.3. The molecule has 0 radical (unpaired) electrons. The predicted molar refractivity (Wildman–Crippen MR) is 84.4 cm³/mol. The molecule has 0 spiro atoms. The van der Waals surface area contributed by atoms with Crippen molar-refractivity contribution < 1.29 is 4.74 Å². The molecule has 0 amide bonds. The Kier molecular flexibility index (Phi) is 6.16. The third kappa shape index (κ3) is 5.16. The standard InChI is InChI=1S/C17H23N3O/c1-3-10-18-14(2)17-8-7-16(13-20-17)21-12-9-15-6-4-5-11-19-15/h4-8,11,13-14,18H,3,9-10,12H2,1-2H3. The summed E-state index contributed by atoms with van der Waals surface area (Å²) in [6, 6.07) is 10.2. The van der Waals surface area contributed by atoms with Crippen molar-refractivity contribution in [2.75, 3.05) is 13.2 Å². The van der Waals surface area contributed by atoms with Crippen LogP contribution in [-0.4, -0.2) is 23.1 Å². The fourth-order valence-electron chi connectivity index (χ4n) is 2.02. The van der Waals surface area contributed by atoms with Crippen molar-refractivity contribution in [1.29, 1.82) is 0 Å². The summed E-state index contributed by atoms with van der Waals surface area (Å²) in [5.41, 5.74) is 2.08. The van der Waals surface area contributed by atoms with Crippen LogP contribution in [0, 0.1) is 0 Å². The number of ether oxygens (including phenoxy) is 1. The monoisotopic (exact) mass is 285 g/mol. The van der Waals surface area contributed by atoms with E-state index in [0.29, 0.717) is 6.61 Å². The van der Waals surface area contributed by atoms with Gasteiger partial charge in [0.2, 0.25) is 0 Å². The third-order valence-electron chi connectivity index (χ3n) is 3.26. The quantitative estimate of drug-likeness (QED) is 0.809. The molecule has 4 nitrogen and oxygen atoms in total. The van der Waals surface area contributed by atoms with Crippen molar-refractivity contribution in [2.45, 2.75) is 32.7 Å². The maximum atomic E-state index is 5.70. The summed E-state index contributed by atoms with van der Waals surface area (Å²) in [6.45, 7) is 5.90. The number of aromatic nitrogens is 2. The highest BCUT2D eigenvalue weighted by Gasteiger charge is 2.05. The Morgan fingerprint density at radius 3 is 2.76 bits per heavy atom. The van der Waals surface area contributed by atoms with Crippen LogP contribution in [0.5, 0.6) is 5.75 Å². The first-order valence-corrected chi connectivity index (χ1v) is 7.51. The second kappa shape index (κ2) is 8.37. The molecule has 0 bridgehead atoms. The van der Waals surface area contributed by atoms with E-state index in [0.717, 1.165) is 36.5 Å². The SMILES string of the molecule is CCCNC(C)c1ccc(OCCc2ccccn2)cn1. The largest absolute Gasteiger partial charge is 0.492 e. The molecule has 0 aliphatic heterocycles. The van der Waals surface area contributed by atoms with Crippen molar-refractivity contribution >= 4 is 0 Å². The fourth-order valence-corrected chi connectivity index (χ4v) is 2.02. The molecule has 0 saturated heterocycles. The molecule has 21 heavy (non-hydrogen) atoms. The lowest BCUT2D eigenvalue weighted by atomic mass is 10.2. The van der Waals surface area contributed by atoms with E-state index in [2.05, 4.69) is 29.1 Å². The Bertz CT molecular complexity index is 513. The average Bonchev–Trinajstić information content (AvgIpc) is 2.54. The summed E-state index contributed by atoms with van der Waals surface area (Å²) >= 11 is 0. The summed E-state index contributed by atoms with van der Waals surface area (Å²) in [5, 5.41) is 3.42. The van der Waals surface area contributed by atoms with Gasteiger partial charge in [0.05, 0.1) is 18.5 Å². The van der Waals surface area contributed by atoms with Gasteiger partial charge in [-0.15, -0.1) is 0 Å². The molecule has 0 fully saturated rings. The van der Waals surface area contributed by atoms with Crippen LogP contribution in [0.15, 0.2) is 42.7 Å². The van der Waals surface area contributed by atoms with Gasteiger partial charge in [-0.2, -0.15) is 0 Å². The first-order valence-electron chi connectivity index (χ1n) is 7.51. The summed E-state index contributed by atoms with van der Waals surface area (Å²) in [4.78, 5) is 8.73. The number of rotatable bonds is 8. The van der Waals surface area contributed by atoms with Crippen LogP contribution >= 0.6 is 0 Å². The first kappa shape index (κ1) is 15.4. The van der Waals surface area contributed by atoms with Gasteiger partial charge >= 0.3 is 0 Å². The maximum absolute atomic E-state index is 5.70. The Hall–Kier alpha value is -1.94. The van der Waals surface area contributed by atoms with E-state index in [1.165, 1.54) is 0 Å². The molecule has 4 heteroatoms. The second-order valence-corrected chi connectivity index (χ2v) is 5.01. The molecular weight excluding hydrogens is 262 g/mol. The topological polar surface area (TPSA) is 47.0 Å². The van der Waals surface area contributed by atoms with Crippen LogP contribution in [0.1, 0.15) is 37.7 Å². The highest BCUT2D eigenvalue weighted by atomic mass is 16.5. The van der Waals surface area contributed by atoms with Gasteiger partial charge in [0, 0.05) is 24.4 Å². The lowest BCUT2D eigenvalue weighted by Crippen LogP contribution is -2.20. The van der Waals surface area contributed by atoms with E-state index in [1.54, 1.807) is 12.4 Å². The molecule has 2 heterocycles. The van der Waals surface area contributed by atoms with Gasteiger partial charge in [-0.05, 0) is 44.2 Å². The van der Waals surface area contributed by atoms with E-state index in [9.17, 15) is 0 Å². The number of hydrogen-bond donors (Lipinski definition) is 1. The molecule has 1 unspecified atom stereocenters. The van der Waals surface area contributed by atoms with Gasteiger partial charge in [0.25, 0.3) is 0 Å². The van der Waals surface area contributed by atoms with Crippen molar-refractivity contribution in [3.63, 3.8) is 0 Å². The van der Waals surface area contributed by atoms with Crippen molar-refractivity contribution in [2.24, 2.45) is 0 Å². The van der Waals surface area contributed by atoms with Gasteiger partial charge in [0.15, 0.2) is 0 Å². The van der Waals surface area contributed by atoms with Crippen LogP contribution < -0.4 is 10.1 Å². The third-order valence-corrected chi connectivity index (χ3v) is 3.26. The molecule has 2 aromatic heterocycles. The zero-order chi connectivity index (χ0) is 14.9. The highest BCUT2D eigenvalue weighted by Crippen LogP contribution is 2.14. The molecule has 0 aromatic carbocycles. The minimum atomic E-state index is 0.271. The lowest BCUT2D eigenvalue weighted by molar-refractivity contribution is 0.319. The van der Waals surface area contributed by atoms with Crippen LogP contribution in [-0.2, 0) is 6.42 Å². The van der Waals surface area contributed by atoms with Crippen LogP contribution in [0.4, 0.5) is 0 Å². The summed E-state index contributed by atoms with van der Waals surface area (Å²) in [5.74, 6) is 0.803. The zero-order valence-electron chi connectivity index (χ0n) is 12.7. The number of pyridine rings is 2.